The second-order valence-corrected chi connectivity index (χ2v) is 3.66. The summed E-state index contributed by atoms with van der Waals surface area (Å²) < 4.78 is 1.73. The van der Waals surface area contributed by atoms with E-state index in [-0.39, 0.29) is 0 Å². The summed E-state index contributed by atoms with van der Waals surface area (Å²) in [6.07, 6.45) is 3.44. The Morgan fingerprint density at radius 3 is 2.82 bits per heavy atom. The van der Waals surface area contributed by atoms with Gasteiger partial charge in [-0.2, -0.15) is 0 Å². The van der Waals surface area contributed by atoms with Crippen molar-refractivity contribution in [1.82, 2.24) is 19.7 Å². The Kier molecular flexibility index (Phi) is 2.31. The lowest BCUT2D eigenvalue weighted by atomic mass is 10.2. The maximum absolute atomic E-state index is 5.50. The molecule has 0 fully saturated rings. The largest absolute Gasteiger partial charge is 0.324 e. The third-order valence-corrected chi connectivity index (χ3v) is 2.59. The molecule has 0 saturated heterocycles. The summed E-state index contributed by atoms with van der Waals surface area (Å²) in [5.74, 6) is 0.630. The lowest BCUT2D eigenvalue weighted by Gasteiger charge is -2.04. The Morgan fingerprint density at radius 2 is 2.00 bits per heavy atom. The van der Waals surface area contributed by atoms with Gasteiger partial charge < -0.3 is 5.73 Å². The Morgan fingerprint density at radius 1 is 1.12 bits per heavy atom. The molecular formula is C12H11N5. The third kappa shape index (κ3) is 1.66. The molecule has 2 aromatic heterocycles. The second kappa shape index (κ2) is 3.95. The molecule has 3 aromatic rings. The summed E-state index contributed by atoms with van der Waals surface area (Å²) in [4.78, 5) is 8.43. The SMILES string of the molecule is NCc1ncn(-c2ccnc3ccccc23)n1. The molecule has 0 spiro atoms. The molecule has 0 amide bonds. The number of fused-ring (bicyclic) bond motifs is 1. The van der Waals surface area contributed by atoms with Gasteiger partial charge in [-0.3, -0.25) is 4.98 Å². The van der Waals surface area contributed by atoms with E-state index < -0.39 is 0 Å². The van der Waals surface area contributed by atoms with Crippen LogP contribution in [0.5, 0.6) is 0 Å². The molecule has 0 bridgehead atoms. The maximum Gasteiger partial charge on any atom is 0.164 e. The highest BCUT2D eigenvalue weighted by atomic mass is 15.3. The highest BCUT2D eigenvalue weighted by molar-refractivity contribution is 5.86. The number of nitrogens with zero attached hydrogens (tertiary/aromatic N) is 4. The van der Waals surface area contributed by atoms with Crippen molar-refractivity contribution in [3.8, 4) is 5.69 Å². The molecule has 84 valence electrons. The van der Waals surface area contributed by atoms with Crippen LogP contribution in [0.15, 0.2) is 42.9 Å². The highest BCUT2D eigenvalue weighted by Gasteiger charge is 2.05. The van der Waals surface area contributed by atoms with Gasteiger partial charge in [-0.1, -0.05) is 18.2 Å². The Hall–Kier alpha value is -2.27. The van der Waals surface area contributed by atoms with Crippen molar-refractivity contribution in [3.05, 3.63) is 48.7 Å². The fourth-order valence-electron chi connectivity index (χ4n) is 1.79. The van der Waals surface area contributed by atoms with E-state index in [1.165, 1.54) is 0 Å². The first-order valence-corrected chi connectivity index (χ1v) is 5.33. The summed E-state index contributed by atoms with van der Waals surface area (Å²) in [6, 6.07) is 9.85. The van der Waals surface area contributed by atoms with Crippen molar-refractivity contribution in [2.75, 3.05) is 0 Å². The van der Waals surface area contributed by atoms with Crippen molar-refractivity contribution < 1.29 is 0 Å². The molecule has 0 aliphatic carbocycles. The van der Waals surface area contributed by atoms with Crippen LogP contribution >= 0.6 is 0 Å². The monoisotopic (exact) mass is 225 g/mol. The summed E-state index contributed by atoms with van der Waals surface area (Å²) in [6.45, 7) is 0.343. The molecule has 0 atom stereocenters. The maximum atomic E-state index is 5.50. The molecule has 0 aliphatic rings. The molecule has 2 N–H and O–H groups in total. The normalized spacial score (nSPS) is 10.9. The molecule has 5 heteroatoms. The van der Waals surface area contributed by atoms with Crippen LogP contribution in [0.25, 0.3) is 16.6 Å². The van der Waals surface area contributed by atoms with Crippen molar-refractivity contribution in [1.29, 1.82) is 0 Å². The zero-order valence-corrected chi connectivity index (χ0v) is 9.11. The topological polar surface area (TPSA) is 69.6 Å². The van der Waals surface area contributed by atoms with Gasteiger partial charge >= 0.3 is 0 Å². The number of hydrogen-bond donors (Lipinski definition) is 1. The van der Waals surface area contributed by atoms with Crippen molar-refractivity contribution in [2.45, 2.75) is 6.54 Å². The predicted octanol–water partition coefficient (Wildman–Crippen LogP) is 1.27. The van der Waals surface area contributed by atoms with Crippen LogP contribution < -0.4 is 5.73 Å². The standard InChI is InChI=1S/C12H11N5/c13-7-12-15-8-17(16-12)11-5-6-14-10-4-2-1-3-9(10)11/h1-6,8H,7,13H2. The average Bonchev–Trinajstić information content (AvgIpc) is 2.87. The summed E-state index contributed by atoms with van der Waals surface area (Å²) in [7, 11) is 0. The minimum Gasteiger partial charge on any atom is -0.324 e. The minimum atomic E-state index is 0.343. The van der Waals surface area contributed by atoms with Crippen LogP contribution in [0.1, 0.15) is 5.82 Å². The van der Waals surface area contributed by atoms with Gasteiger partial charge in [0.2, 0.25) is 0 Å². The summed E-state index contributed by atoms with van der Waals surface area (Å²) >= 11 is 0. The number of pyridine rings is 1. The zero-order valence-electron chi connectivity index (χ0n) is 9.11. The smallest absolute Gasteiger partial charge is 0.164 e. The number of rotatable bonds is 2. The highest BCUT2D eigenvalue weighted by Crippen LogP contribution is 2.18. The number of nitrogens with two attached hydrogens (primary N) is 1. The van der Waals surface area contributed by atoms with Gasteiger partial charge in [-0.25, -0.2) is 9.67 Å². The molecule has 3 rings (SSSR count). The number of hydrogen-bond acceptors (Lipinski definition) is 4. The van der Waals surface area contributed by atoms with Crippen LogP contribution in [0.3, 0.4) is 0 Å². The number of benzene rings is 1. The first-order chi connectivity index (χ1) is 8.38. The fraction of sp³-hybridized carbons (Fsp3) is 0.0833. The van der Waals surface area contributed by atoms with Crippen LogP contribution in [0.2, 0.25) is 0 Å². The Labute approximate surface area is 97.9 Å². The van der Waals surface area contributed by atoms with Gasteiger partial charge in [0.1, 0.15) is 6.33 Å². The fourth-order valence-corrected chi connectivity index (χ4v) is 1.79. The molecule has 0 aliphatic heterocycles. The van der Waals surface area contributed by atoms with E-state index in [1.54, 1.807) is 17.2 Å². The van der Waals surface area contributed by atoms with E-state index >= 15 is 0 Å². The number of para-hydroxylation sites is 1. The molecule has 0 unspecified atom stereocenters. The predicted molar refractivity (Wildman–Crippen MR) is 64.6 cm³/mol. The van der Waals surface area contributed by atoms with E-state index in [0.29, 0.717) is 12.4 Å². The second-order valence-electron chi connectivity index (χ2n) is 3.66. The molecule has 0 saturated carbocycles. The third-order valence-electron chi connectivity index (χ3n) is 2.59. The summed E-state index contributed by atoms with van der Waals surface area (Å²) in [5.41, 5.74) is 7.40. The van der Waals surface area contributed by atoms with Crippen LogP contribution in [-0.2, 0) is 6.54 Å². The molecule has 2 heterocycles. The van der Waals surface area contributed by atoms with Gasteiger partial charge in [0.05, 0.1) is 17.7 Å². The Balaban J connectivity index is 2.23. The molecule has 17 heavy (non-hydrogen) atoms. The molecular weight excluding hydrogens is 214 g/mol. The number of aromatic nitrogens is 4. The van der Waals surface area contributed by atoms with Crippen molar-refractivity contribution >= 4 is 10.9 Å². The van der Waals surface area contributed by atoms with Gasteiger partial charge in [0.15, 0.2) is 5.82 Å². The first-order valence-electron chi connectivity index (χ1n) is 5.33. The van der Waals surface area contributed by atoms with Crippen molar-refractivity contribution in [2.24, 2.45) is 5.73 Å². The first kappa shape index (κ1) is 9.92. The van der Waals surface area contributed by atoms with E-state index in [1.807, 2.05) is 30.3 Å². The van der Waals surface area contributed by atoms with Gasteiger partial charge in [0, 0.05) is 11.6 Å². The van der Waals surface area contributed by atoms with Crippen LogP contribution in [0.4, 0.5) is 0 Å². The summed E-state index contributed by atoms with van der Waals surface area (Å²) in [5, 5.41) is 5.35. The minimum absolute atomic E-state index is 0.343. The van der Waals surface area contributed by atoms with E-state index in [2.05, 4.69) is 15.1 Å². The lowest BCUT2D eigenvalue weighted by Crippen LogP contribution is -2.01. The average molecular weight is 225 g/mol. The van der Waals surface area contributed by atoms with Crippen molar-refractivity contribution in [3.63, 3.8) is 0 Å². The molecule has 1 aromatic carbocycles. The molecule has 0 radical (unpaired) electrons. The molecule has 5 nitrogen and oxygen atoms in total. The van der Waals surface area contributed by atoms with Gasteiger partial charge in [-0.15, -0.1) is 5.10 Å². The van der Waals surface area contributed by atoms with Crippen LogP contribution in [0, 0.1) is 0 Å². The van der Waals surface area contributed by atoms with Gasteiger partial charge in [0.25, 0.3) is 0 Å². The van der Waals surface area contributed by atoms with E-state index in [4.69, 9.17) is 5.73 Å². The van der Waals surface area contributed by atoms with Gasteiger partial charge in [-0.05, 0) is 12.1 Å². The van der Waals surface area contributed by atoms with E-state index in [0.717, 1.165) is 16.6 Å². The zero-order chi connectivity index (χ0) is 11.7. The quantitative estimate of drug-likeness (QED) is 0.713. The van der Waals surface area contributed by atoms with Crippen LogP contribution in [-0.4, -0.2) is 19.7 Å². The Bertz CT molecular complexity index is 653. The lowest BCUT2D eigenvalue weighted by molar-refractivity contribution is 0.834. The van der Waals surface area contributed by atoms with E-state index in [9.17, 15) is 0 Å².